The van der Waals surface area contributed by atoms with Crippen LogP contribution in [-0.4, -0.2) is 29.1 Å². The second kappa shape index (κ2) is 4.91. The van der Waals surface area contributed by atoms with Crippen LogP contribution in [0.4, 0.5) is 0 Å². The molecule has 2 heterocycles. The third-order valence-electron chi connectivity index (χ3n) is 2.17. The lowest BCUT2D eigenvalue weighted by molar-refractivity contribution is -0.0761. The Labute approximate surface area is 91.3 Å². The Morgan fingerprint density at radius 3 is 3.29 bits per heavy atom. The molecule has 0 amide bonds. The van der Waals surface area contributed by atoms with Gasteiger partial charge in [0.2, 0.25) is 0 Å². The van der Waals surface area contributed by atoms with Crippen LogP contribution < -0.4 is 0 Å². The Morgan fingerprint density at radius 2 is 2.64 bits per heavy atom. The molecule has 0 N–H and O–H groups in total. The third-order valence-corrected chi connectivity index (χ3v) is 2.59. The molecule has 0 aromatic carbocycles. The molecular formula is C9H13BrN2O2. The summed E-state index contributed by atoms with van der Waals surface area (Å²) >= 11 is 3.29. The summed E-state index contributed by atoms with van der Waals surface area (Å²) in [5.74, 6) is 0. The van der Waals surface area contributed by atoms with E-state index in [1.165, 1.54) is 0 Å². The van der Waals surface area contributed by atoms with Crippen molar-refractivity contribution in [1.82, 2.24) is 9.78 Å². The van der Waals surface area contributed by atoms with Gasteiger partial charge in [0.05, 0.1) is 12.7 Å². The lowest BCUT2D eigenvalue weighted by Crippen LogP contribution is -2.26. The molecule has 0 radical (unpaired) electrons. The average molecular weight is 261 g/mol. The van der Waals surface area contributed by atoms with E-state index in [1.807, 2.05) is 12.3 Å². The van der Waals surface area contributed by atoms with Crippen molar-refractivity contribution in [3.05, 3.63) is 16.9 Å². The van der Waals surface area contributed by atoms with Crippen LogP contribution >= 0.6 is 15.9 Å². The fraction of sp³-hybridized carbons (Fsp3) is 0.667. The first-order chi connectivity index (χ1) is 6.84. The molecule has 5 heteroatoms. The van der Waals surface area contributed by atoms with Gasteiger partial charge in [0, 0.05) is 12.8 Å². The molecule has 1 aliphatic rings. The predicted molar refractivity (Wildman–Crippen MR) is 54.9 cm³/mol. The molecule has 1 aromatic rings. The molecule has 1 atom stereocenters. The molecule has 4 nitrogen and oxygen atoms in total. The Morgan fingerprint density at radius 1 is 1.71 bits per heavy atom. The molecule has 0 spiro atoms. The van der Waals surface area contributed by atoms with Crippen LogP contribution in [0.3, 0.4) is 0 Å². The van der Waals surface area contributed by atoms with Crippen LogP contribution in [0.15, 0.2) is 16.9 Å². The molecule has 2 rings (SSSR count). The first-order valence-corrected chi connectivity index (χ1v) is 5.52. The van der Waals surface area contributed by atoms with Gasteiger partial charge < -0.3 is 9.47 Å². The maximum Gasteiger partial charge on any atom is 0.139 e. The van der Waals surface area contributed by atoms with E-state index >= 15 is 0 Å². The van der Waals surface area contributed by atoms with Crippen molar-refractivity contribution < 1.29 is 9.47 Å². The number of hydrogen-bond donors (Lipinski definition) is 0. The number of hydrogen-bond acceptors (Lipinski definition) is 3. The average Bonchev–Trinajstić information content (AvgIpc) is 2.63. The summed E-state index contributed by atoms with van der Waals surface area (Å²) in [4.78, 5) is 0. The van der Waals surface area contributed by atoms with Crippen LogP contribution in [0.1, 0.15) is 12.8 Å². The molecule has 0 saturated carbocycles. The van der Waals surface area contributed by atoms with Crippen molar-refractivity contribution in [2.75, 3.05) is 13.2 Å². The van der Waals surface area contributed by atoms with Crippen molar-refractivity contribution in [1.29, 1.82) is 0 Å². The van der Waals surface area contributed by atoms with Gasteiger partial charge in [0.1, 0.15) is 11.3 Å². The number of halogens is 1. The van der Waals surface area contributed by atoms with Gasteiger partial charge in [0.25, 0.3) is 0 Å². The van der Waals surface area contributed by atoms with Gasteiger partial charge in [-0.05, 0) is 34.8 Å². The summed E-state index contributed by atoms with van der Waals surface area (Å²) in [6, 6.07) is 1.89. The molecule has 1 unspecified atom stereocenters. The molecule has 1 aliphatic heterocycles. The normalized spacial score (nSPS) is 22.5. The summed E-state index contributed by atoms with van der Waals surface area (Å²) in [7, 11) is 0. The highest BCUT2D eigenvalue weighted by atomic mass is 79.9. The van der Waals surface area contributed by atoms with E-state index < -0.39 is 0 Å². The number of nitrogens with zero attached hydrogens (tertiary/aromatic N) is 2. The molecule has 0 bridgehead atoms. The number of aromatic nitrogens is 2. The smallest absolute Gasteiger partial charge is 0.139 e. The first-order valence-electron chi connectivity index (χ1n) is 4.73. The van der Waals surface area contributed by atoms with Crippen molar-refractivity contribution in [2.24, 2.45) is 0 Å². The highest BCUT2D eigenvalue weighted by molar-refractivity contribution is 9.10. The zero-order valence-corrected chi connectivity index (χ0v) is 9.44. The second-order valence-corrected chi connectivity index (χ2v) is 4.13. The summed E-state index contributed by atoms with van der Waals surface area (Å²) in [5.41, 5.74) is 0. The van der Waals surface area contributed by atoms with E-state index in [0.29, 0.717) is 13.3 Å². The standard InChI is InChI=1S/C9H13BrN2O2/c10-9-3-4-12(11-9)7-14-8-2-1-5-13-6-8/h3-4,8H,1-2,5-7H2. The van der Waals surface area contributed by atoms with Gasteiger partial charge in [-0.3, -0.25) is 0 Å². The molecule has 0 aliphatic carbocycles. The van der Waals surface area contributed by atoms with Crippen molar-refractivity contribution >= 4 is 15.9 Å². The minimum Gasteiger partial charge on any atom is -0.379 e. The molecule has 1 saturated heterocycles. The lowest BCUT2D eigenvalue weighted by Gasteiger charge is -2.22. The van der Waals surface area contributed by atoms with Crippen LogP contribution in [0.5, 0.6) is 0 Å². The number of ether oxygens (including phenoxy) is 2. The van der Waals surface area contributed by atoms with Crippen LogP contribution in [-0.2, 0) is 16.2 Å². The fourth-order valence-corrected chi connectivity index (χ4v) is 1.76. The minimum atomic E-state index is 0.228. The monoisotopic (exact) mass is 260 g/mol. The zero-order chi connectivity index (χ0) is 9.80. The number of rotatable bonds is 3. The highest BCUT2D eigenvalue weighted by Crippen LogP contribution is 2.11. The van der Waals surface area contributed by atoms with Gasteiger partial charge in [-0.1, -0.05) is 0 Å². The highest BCUT2D eigenvalue weighted by Gasteiger charge is 2.13. The molecular weight excluding hydrogens is 248 g/mol. The largest absolute Gasteiger partial charge is 0.379 e. The van der Waals surface area contributed by atoms with Gasteiger partial charge in [0.15, 0.2) is 0 Å². The van der Waals surface area contributed by atoms with Crippen molar-refractivity contribution in [3.8, 4) is 0 Å². The molecule has 14 heavy (non-hydrogen) atoms. The van der Waals surface area contributed by atoms with Crippen LogP contribution in [0.2, 0.25) is 0 Å². The fourth-order valence-electron chi connectivity index (χ4n) is 1.43. The topological polar surface area (TPSA) is 36.3 Å². The van der Waals surface area contributed by atoms with Crippen molar-refractivity contribution in [3.63, 3.8) is 0 Å². The summed E-state index contributed by atoms with van der Waals surface area (Å²) in [5, 5.41) is 4.16. The third kappa shape index (κ3) is 2.80. The van der Waals surface area contributed by atoms with Crippen LogP contribution in [0, 0.1) is 0 Å². The summed E-state index contributed by atoms with van der Waals surface area (Å²) < 4.78 is 13.5. The van der Waals surface area contributed by atoms with Gasteiger partial charge in [-0.2, -0.15) is 5.10 Å². The summed E-state index contributed by atoms with van der Waals surface area (Å²) in [6.45, 7) is 2.08. The molecule has 1 fully saturated rings. The maximum atomic E-state index is 5.64. The SMILES string of the molecule is Brc1ccn(COC2CCCOC2)n1. The van der Waals surface area contributed by atoms with E-state index in [2.05, 4.69) is 21.0 Å². The van der Waals surface area contributed by atoms with Gasteiger partial charge in [-0.25, -0.2) is 4.68 Å². The Balaban J connectivity index is 1.76. The Kier molecular flexibility index (Phi) is 3.55. The van der Waals surface area contributed by atoms with Gasteiger partial charge >= 0.3 is 0 Å². The minimum absolute atomic E-state index is 0.228. The predicted octanol–water partition coefficient (Wildman–Crippen LogP) is 1.80. The first kappa shape index (κ1) is 10.1. The van der Waals surface area contributed by atoms with E-state index in [1.54, 1.807) is 4.68 Å². The Bertz CT molecular complexity index is 284. The maximum absolute atomic E-state index is 5.64. The van der Waals surface area contributed by atoms with E-state index in [-0.39, 0.29) is 6.10 Å². The summed E-state index contributed by atoms with van der Waals surface area (Å²) in [6.07, 6.45) is 4.29. The van der Waals surface area contributed by atoms with E-state index in [0.717, 1.165) is 24.1 Å². The molecule has 1 aromatic heterocycles. The van der Waals surface area contributed by atoms with Gasteiger partial charge in [-0.15, -0.1) is 0 Å². The van der Waals surface area contributed by atoms with E-state index in [4.69, 9.17) is 9.47 Å². The zero-order valence-electron chi connectivity index (χ0n) is 7.86. The van der Waals surface area contributed by atoms with E-state index in [9.17, 15) is 0 Å². The second-order valence-electron chi connectivity index (χ2n) is 3.31. The molecule has 78 valence electrons. The van der Waals surface area contributed by atoms with Crippen LogP contribution in [0.25, 0.3) is 0 Å². The Hall–Kier alpha value is -0.390. The lowest BCUT2D eigenvalue weighted by atomic mass is 10.2. The quantitative estimate of drug-likeness (QED) is 0.832. The van der Waals surface area contributed by atoms with Crippen molar-refractivity contribution in [2.45, 2.75) is 25.7 Å².